The molecule has 4 aromatic rings. The van der Waals surface area contributed by atoms with Crippen LogP contribution in [0.4, 0.5) is 0 Å². The van der Waals surface area contributed by atoms with Crippen LogP contribution in [0.1, 0.15) is 41.5 Å². The van der Waals surface area contributed by atoms with Crippen LogP contribution in [0.15, 0.2) is 115 Å². The molecular weight excluding hydrogens is 492 g/mol. The molecule has 4 nitrogen and oxygen atoms in total. The predicted molar refractivity (Wildman–Crippen MR) is 154 cm³/mol. The van der Waals surface area contributed by atoms with Crippen LogP contribution in [0.5, 0.6) is 0 Å². The van der Waals surface area contributed by atoms with Gasteiger partial charge >= 0.3 is 0 Å². The summed E-state index contributed by atoms with van der Waals surface area (Å²) in [4.78, 5) is 29.4. The summed E-state index contributed by atoms with van der Waals surface area (Å²) in [5.41, 5.74) is 3.91. The second-order valence-corrected chi connectivity index (χ2v) is 9.70. The van der Waals surface area contributed by atoms with Crippen molar-refractivity contribution < 1.29 is 9.59 Å². The molecule has 0 bridgehead atoms. The van der Waals surface area contributed by atoms with Gasteiger partial charge in [0.2, 0.25) is 11.8 Å². The Hall–Kier alpha value is -3.89. The van der Waals surface area contributed by atoms with Crippen LogP contribution in [0, 0.1) is 0 Å². The van der Waals surface area contributed by atoms with Crippen LogP contribution < -0.4 is 5.32 Å². The third-order valence-electron chi connectivity index (χ3n) is 6.70. The molecule has 4 aromatic carbocycles. The third-order valence-corrected chi connectivity index (χ3v) is 7.07. The molecule has 1 atom stereocenters. The van der Waals surface area contributed by atoms with Gasteiger partial charge in [0.05, 0.1) is 0 Å². The minimum atomic E-state index is -0.687. The minimum absolute atomic E-state index is 0.102. The molecule has 0 aliphatic carbocycles. The first-order chi connectivity index (χ1) is 18.6. The molecule has 1 N–H and O–H groups in total. The average molecular weight is 525 g/mol. The molecule has 0 spiro atoms. The van der Waals surface area contributed by atoms with Gasteiger partial charge in [-0.15, -0.1) is 0 Å². The molecule has 0 aliphatic heterocycles. The van der Waals surface area contributed by atoms with Gasteiger partial charge in [0, 0.05) is 36.9 Å². The largest absolute Gasteiger partial charge is 0.355 e. The van der Waals surface area contributed by atoms with Crippen LogP contribution in [-0.2, 0) is 22.6 Å². The van der Waals surface area contributed by atoms with E-state index in [2.05, 4.69) is 29.6 Å². The lowest BCUT2D eigenvalue weighted by Crippen LogP contribution is -2.50. The maximum absolute atomic E-state index is 14.3. The molecule has 4 rings (SSSR count). The van der Waals surface area contributed by atoms with E-state index in [4.69, 9.17) is 11.6 Å². The zero-order chi connectivity index (χ0) is 26.7. The highest BCUT2D eigenvalue weighted by atomic mass is 35.5. The fourth-order valence-corrected chi connectivity index (χ4v) is 4.94. The van der Waals surface area contributed by atoms with E-state index < -0.39 is 6.04 Å². The summed E-state index contributed by atoms with van der Waals surface area (Å²) in [5, 5.41) is 3.52. The fraction of sp³-hybridized carbons (Fsp3) is 0.212. The van der Waals surface area contributed by atoms with Crippen molar-refractivity contribution >= 4 is 23.4 Å². The number of carbonyl (C=O) groups excluding carboxylic acids is 2. The molecule has 2 amide bonds. The molecule has 0 aliphatic rings. The number of hydrogen-bond donors (Lipinski definition) is 1. The van der Waals surface area contributed by atoms with Crippen LogP contribution in [-0.4, -0.2) is 29.3 Å². The third kappa shape index (κ3) is 7.11. The van der Waals surface area contributed by atoms with E-state index in [1.165, 1.54) is 0 Å². The first-order valence-electron chi connectivity index (χ1n) is 13.0. The summed E-state index contributed by atoms with van der Waals surface area (Å²) in [7, 11) is 0. The fourth-order valence-electron chi connectivity index (χ4n) is 4.75. The van der Waals surface area contributed by atoms with Gasteiger partial charge < -0.3 is 10.2 Å². The second-order valence-electron chi connectivity index (χ2n) is 9.29. The predicted octanol–water partition coefficient (Wildman–Crippen LogP) is 6.64. The number of halogens is 1. The van der Waals surface area contributed by atoms with Gasteiger partial charge in [-0.3, -0.25) is 9.59 Å². The highest BCUT2D eigenvalue weighted by Crippen LogP contribution is 2.30. The minimum Gasteiger partial charge on any atom is -0.355 e. The van der Waals surface area contributed by atoms with Crippen LogP contribution >= 0.6 is 11.6 Å². The molecule has 0 heterocycles. The summed E-state index contributed by atoms with van der Waals surface area (Å²) < 4.78 is 0. The van der Waals surface area contributed by atoms with Gasteiger partial charge in [0.25, 0.3) is 0 Å². The molecule has 0 radical (unpaired) electrons. The number of nitrogens with zero attached hydrogens (tertiary/aromatic N) is 1. The van der Waals surface area contributed by atoms with E-state index in [1.807, 2.05) is 97.9 Å². The van der Waals surface area contributed by atoms with Gasteiger partial charge in [-0.1, -0.05) is 121 Å². The van der Waals surface area contributed by atoms with Crippen LogP contribution in [0.25, 0.3) is 0 Å². The Morgan fingerprint density at radius 2 is 1.29 bits per heavy atom. The van der Waals surface area contributed by atoms with Gasteiger partial charge in [-0.2, -0.15) is 0 Å². The quantitative estimate of drug-likeness (QED) is 0.239. The van der Waals surface area contributed by atoms with Crippen molar-refractivity contribution in [2.75, 3.05) is 6.54 Å². The van der Waals surface area contributed by atoms with Gasteiger partial charge in [0.1, 0.15) is 6.04 Å². The number of amides is 2. The standard InChI is InChI=1S/C33H33ClN2O2/c1-2-35-33(38)31(22-25-14-6-3-7-15-25)36(24-28-20-12-13-21-30(28)34)32(37)23-29(26-16-8-4-9-17-26)27-18-10-5-11-19-27/h3-21,29,31H,2,22-24H2,1H3,(H,35,38)/t31-/m0/s1. The number of benzene rings is 4. The number of hydrogen-bond acceptors (Lipinski definition) is 2. The summed E-state index contributed by atoms with van der Waals surface area (Å²) in [6.45, 7) is 2.61. The van der Waals surface area contributed by atoms with Gasteiger partial charge in [-0.25, -0.2) is 0 Å². The van der Waals surface area contributed by atoms with Crippen LogP contribution in [0.2, 0.25) is 5.02 Å². The molecular formula is C33H33ClN2O2. The zero-order valence-electron chi connectivity index (χ0n) is 21.6. The number of rotatable bonds is 11. The van der Waals surface area contributed by atoms with E-state index in [0.29, 0.717) is 18.0 Å². The highest BCUT2D eigenvalue weighted by Gasteiger charge is 2.32. The summed E-state index contributed by atoms with van der Waals surface area (Å²) in [5.74, 6) is -0.423. The van der Waals surface area contributed by atoms with E-state index in [0.717, 1.165) is 22.3 Å². The molecule has 5 heteroatoms. The molecule has 0 aromatic heterocycles. The lowest BCUT2D eigenvalue weighted by atomic mass is 9.87. The Morgan fingerprint density at radius 3 is 1.84 bits per heavy atom. The van der Waals surface area contributed by atoms with Crippen molar-refractivity contribution in [3.8, 4) is 0 Å². The zero-order valence-corrected chi connectivity index (χ0v) is 22.4. The lowest BCUT2D eigenvalue weighted by molar-refractivity contribution is -0.141. The molecule has 0 unspecified atom stereocenters. The van der Waals surface area contributed by atoms with E-state index in [-0.39, 0.29) is 30.7 Å². The maximum Gasteiger partial charge on any atom is 0.243 e. The smallest absolute Gasteiger partial charge is 0.243 e. The topological polar surface area (TPSA) is 49.4 Å². The van der Waals surface area contributed by atoms with Gasteiger partial charge in [0.15, 0.2) is 0 Å². The van der Waals surface area contributed by atoms with E-state index in [1.54, 1.807) is 4.90 Å². The Morgan fingerprint density at radius 1 is 0.763 bits per heavy atom. The van der Waals surface area contributed by atoms with E-state index in [9.17, 15) is 9.59 Å². The Labute approximate surface area is 230 Å². The first-order valence-corrected chi connectivity index (χ1v) is 13.4. The summed E-state index contributed by atoms with van der Waals surface area (Å²) in [6.07, 6.45) is 0.632. The van der Waals surface area contributed by atoms with Crippen molar-refractivity contribution in [3.05, 3.63) is 143 Å². The Bertz CT molecular complexity index is 1270. The molecule has 194 valence electrons. The SMILES string of the molecule is CCNC(=O)[C@H](Cc1ccccc1)N(Cc1ccccc1Cl)C(=O)CC(c1ccccc1)c1ccccc1. The number of carbonyl (C=O) groups is 2. The summed E-state index contributed by atoms with van der Waals surface area (Å²) >= 11 is 6.54. The summed E-state index contributed by atoms with van der Waals surface area (Å²) in [6, 6.07) is 36.7. The van der Waals surface area contributed by atoms with Crippen molar-refractivity contribution in [2.24, 2.45) is 0 Å². The second kappa shape index (κ2) is 13.6. The lowest BCUT2D eigenvalue weighted by Gasteiger charge is -2.33. The average Bonchev–Trinajstić information content (AvgIpc) is 2.96. The molecule has 38 heavy (non-hydrogen) atoms. The van der Waals surface area contributed by atoms with Crippen LogP contribution in [0.3, 0.4) is 0 Å². The highest BCUT2D eigenvalue weighted by molar-refractivity contribution is 6.31. The van der Waals surface area contributed by atoms with E-state index >= 15 is 0 Å². The number of nitrogens with one attached hydrogen (secondary N) is 1. The molecule has 0 saturated carbocycles. The normalized spacial score (nSPS) is 11.7. The molecule has 0 fully saturated rings. The van der Waals surface area contributed by atoms with Crippen molar-refractivity contribution in [3.63, 3.8) is 0 Å². The monoisotopic (exact) mass is 524 g/mol. The van der Waals surface area contributed by atoms with Crippen molar-refractivity contribution in [1.29, 1.82) is 0 Å². The first kappa shape index (κ1) is 27.2. The Balaban J connectivity index is 1.73. The maximum atomic E-state index is 14.3. The molecule has 0 saturated heterocycles. The van der Waals surface area contributed by atoms with Crippen molar-refractivity contribution in [1.82, 2.24) is 10.2 Å². The van der Waals surface area contributed by atoms with Gasteiger partial charge in [-0.05, 0) is 35.2 Å². The number of likely N-dealkylation sites (N-methyl/N-ethyl adjacent to an activating group) is 1. The van der Waals surface area contributed by atoms with Crippen molar-refractivity contribution in [2.45, 2.75) is 38.3 Å². The Kier molecular flexibility index (Phi) is 9.71.